The maximum absolute atomic E-state index is 12.8. The highest BCUT2D eigenvalue weighted by molar-refractivity contribution is 5.32. The lowest BCUT2D eigenvalue weighted by Crippen LogP contribution is -1.97. The zero-order valence-electron chi connectivity index (χ0n) is 6.63. The van der Waals surface area contributed by atoms with Gasteiger partial charge >= 0.3 is 0 Å². The number of halogens is 1. The molecule has 0 spiro atoms. The van der Waals surface area contributed by atoms with E-state index in [4.69, 9.17) is 5.73 Å². The molecule has 2 nitrogen and oxygen atoms in total. The fourth-order valence-corrected chi connectivity index (χ4v) is 0.779. The Bertz CT molecular complexity index is 258. The Kier molecular flexibility index (Phi) is 2.08. The molecule has 0 aliphatic carbocycles. The van der Waals surface area contributed by atoms with Crippen LogP contribution in [0.1, 0.15) is 25.3 Å². The van der Waals surface area contributed by atoms with Crippen molar-refractivity contribution >= 4 is 5.82 Å². The third-order valence-electron chi connectivity index (χ3n) is 1.56. The van der Waals surface area contributed by atoms with Gasteiger partial charge in [-0.25, -0.2) is 9.37 Å². The first kappa shape index (κ1) is 7.98. The quantitative estimate of drug-likeness (QED) is 0.671. The van der Waals surface area contributed by atoms with E-state index in [2.05, 4.69) is 4.98 Å². The summed E-state index contributed by atoms with van der Waals surface area (Å²) < 4.78 is 12.8. The molecule has 0 aliphatic rings. The van der Waals surface area contributed by atoms with Crippen LogP contribution in [0, 0.1) is 5.82 Å². The lowest BCUT2D eigenvalue weighted by atomic mass is 10.1. The Hall–Kier alpha value is -1.12. The van der Waals surface area contributed by atoms with Crippen molar-refractivity contribution in [3.63, 3.8) is 0 Å². The Morgan fingerprint density at radius 2 is 2.18 bits per heavy atom. The summed E-state index contributed by atoms with van der Waals surface area (Å²) in [4.78, 5) is 3.70. The van der Waals surface area contributed by atoms with Crippen LogP contribution in [0.2, 0.25) is 0 Å². The number of hydrogen-bond acceptors (Lipinski definition) is 2. The van der Waals surface area contributed by atoms with Crippen LogP contribution < -0.4 is 5.73 Å². The molecule has 60 valence electrons. The molecule has 0 bridgehead atoms. The topological polar surface area (TPSA) is 38.9 Å². The van der Waals surface area contributed by atoms with Crippen LogP contribution in [0.25, 0.3) is 0 Å². The summed E-state index contributed by atoms with van der Waals surface area (Å²) in [6.07, 6.45) is 1.60. The molecule has 0 fully saturated rings. The fraction of sp³-hybridized carbons (Fsp3) is 0.375. The van der Waals surface area contributed by atoms with Gasteiger partial charge in [-0.15, -0.1) is 0 Å². The second kappa shape index (κ2) is 2.86. The number of nitrogens with two attached hydrogens (primary N) is 1. The van der Waals surface area contributed by atoms with Gasteiger partial charge in [0.05, 0.1) is 0 Å². The number of hydrogen-bond donors (Lipinski definition) is 1. The average molecular weight is 154 g/mol. The maximum atomic E-state index is 12.8. The molecular weight excluding hydrogens is 143 g/mol. The van der Waals surface area contributed by atoms with E-state index in [1.165, 1.54) is 6.07 Å². The molecule has 0 unspecified atom stereocenters. The van der Waals surface area contributed by atoms with Gasteiger partial charge < -0.3 is 5.73 Å². The molecule has 0 radical (unpaired) electrons. The number of rotatable bonds is 1. The Labute approximate surface area is 65.3 Å². The number of pyridine rings is 1. The van der Waals surface area contributed by atoms with E-state index in [0.29, 0.717) is 0 Å². The lowest BCUT2D eigenvalue weighted by molar-refractivity contribution is 0.622. The summed E-state index contributed by atoms with van der Waals surface area (Å²) in [5, 5.41) is 0. The normalized spacial score (nSPS) is 10.5. The first-order valence-corrected chi connectivity index (χ1v) is 3.52. The van der Waals surface area contributed by atoms with E-state index in [0.717, 1.165) is 5.56 Å². The van der Waals surface area contributed by atoms with Gasteiger partial charge in [0, 0.05) is 6.20 Å². The van der Waals surface area contributed by atoms with Crippen LogP contribution in [0.15, 0.2) is 12.3 Å². The second-order valence-electron chi connectivity index (χ2n) is 2.79. The first-order valence-electron chi connectivity index (χ1n) is 3.52. The van der Waals surface area contributed by atoms with E-state index in [-0.39, 0.29) is 11.7 Å². The van der Waals surface area contributed by atoms with Gasteiger partial charge in [-0.05, 0) is 17.5 Å². The van der Waals surface area contributed by atoms with Crippen LogP contribution >= 0.6 is 0 Å². The van der Waals surface area contributed by atoms with Crippen LogP contribution in [-0.4, -0.2) is 4.98 Å². The SMILES string of the molecule is CC(C)c1cnc(N)c(F)c1. The standard InChI is InChI=1S/C8H11FN2/c1-5(2)6-3-7(9)8(10)11-4-6/h3-5H,1-2H3,(H2,10,11). The lowest BCUT2D eigenvalue weighted by Gasteiger charge is -2.04. The van der Waals surface area contributed by atoms with Crippen molar-refractivity contribution in [2.24, 2.45) is 0 Å². The van der Waals surface area contributed by atoms with E-state index >= 15 is 0 Å². The van der Waals surface area contributed by atoms with Crippen molar-refractivity contribution < 1.29 is 4.39 Å². The number of nitrogens with zero attached hydrogens (tertiary/aromatic N) is 1. The van der Waals surface area contributed by atoms with Gasteiger partial charge in [0.15, 0.2) is 11.6 Å². The van der Waals surface area contributed by atoms with E-state index in [9.17, 15) is 4.39 Å². The number of nitrogen functional groups attached to an aromatic ring is 1. The number of anilines is 1. The average Bonchev–Trinajstić information content (AvgIpc) is 1.94. The van der Waals surface area contributed by atoms with Crippen LogP contribution in [0.5, 0.6) is 0 Å². The molecule has 0 atom stereocenters. The molecule has 1 aromatic heterocycles. The summed E-state index contributed by atoms with van der Waals surface area (Å²) >= 11 is 0. The summed E-state index contributed by atoms with van der Waals surface area (Å²) in [6.45, 7) is 3.96. The highest BCUT2D eigenvalue weighted by atomic mass is 19.1. The predicted octanol–water partition coefficient (Wildman–Crippen LogP) is 1.93. The Morgan fingerprint density at radius 3 is 2.64 bits per heavy atom. The van der Waals surface area contributed by atoms with Crippen LogP contribution in [-0.2, 0) is 0 Å². The minimum Gasteiger partial charge on any atom is -0.381 e. The maximum Gasteiger partial charge on any atom is 0.165 e. The molecular formula is C8H11FN2. The van der Waals surface area contributed by atoms with Gasteiger partial charge in [-0.1, -0.05) is 13.8 Å². The monoisotopic (exact) mass is 154 g/mol. The van der Waals surface area contributed by atoms with Gasteiger partial charge in [-0.3, -0.25) is 0 Å². The van der Waals surface area contributed by atoms with E-state index in [1.807, 2.05) is 13.8 Å². The summed E-state index contributed by atoms with van der Waals surface area (Å²) in [5.74, 6) is -0.178. The van der Waals surface area contributed by atoms with E-state index < -0.39 is 5.82 Å². The fourth-order valence-electron chi connectivity index (χ4n) is 0.779. The minimum atomic E-state index is -0.434. The summed E-state index contributed by atoms with van der Waals surface area (Å²) in [5.41, 5.74) is 6.07. The molecule has 2 N–H and O–H groups in total. The molecule has 1 heterocycles. The van der Waals surface area contributed by atoms with Crippen molar-refractivity contribution in [3.8, 4) is 0 Å². The van der Waals surface area contributed by atoms with Gasteiger partial charge in [0.2, 0.25) is 0 Å². The van der Waals surface area contributed by atoms with Crippen molar-refractivity contribution in [2.75, 3.05) is 5.73 Å². The Balaban J connectivity index is 3.05. The second-order valence-corrected chi connectivity index (χ2v) is 2.79. The van der Waals surface area contributed by atoms with Gasteiger partial charge in [0.25, 0.3) is 0 Å². The highest BCUT2D eigenvalue weighted by Gasteiger charge is 2.03. The zero-order chi connectivity index (χ0) is 8.43. The molecule has 0 aromatic carbocycles. The molecule has 0 aliphatic heterocycles. The Morgan fingerprint density at radius 1 is 1.55 bits per heavy atom. The van der Waals surface area contributed by atoms with Crippen molar-refractivity contribution in [2.45, 2.75) is 19.8 Å². The minimum absolute atomic E-state index is 0.0330. The highest BCUT2D eigenvalue weighted by Crippen LogP contribution is 2.16. The third kappa shape index (κ3) is 1.67. The van der Waals surface area contributed by atoms with Gasteiger partial charge in [-0.2, -0.15) is 0 Å². The largest absolute Gasteiger partial charge is 0.381 e. The van der Waals surface area contributed by atoms with Crippen LogP contribution in [0.4, 0.5) is 10.2 Å². The number of aromatic nitrogens is 1. The predicted molar refractivity (Wildman–Crippen MR) is 42.7 cm³/mol. The van der Waals surface area contributed by atoms with Crippen molar-refractivity contribution in [1.82, 2.24) is 4.98 Å². The molecule has 0 amide bonds. The zero-order valence-corrected chi connectivity index (χ0v) is 6.63. The van der Waals surface area contributed by atoms with Crippen molar-refractivity contribution in [1.29, 1.82) is 0 Å². The van der Waals surface area contributed by atoms with Gasteiger partial charge in [0.1, 0.15) is 0 Å². The molecule has 0 saturated heterocycles. The first-order chi connectivity index (χ1) is 5.11. The summed E-state index contributed by atoms with van der Waals surface area (Å²) in [6, 6.07) is 1.42. The molecule has 11 heavy (non-hydrogen) atoms. The van der Waals surface area contributed by atoms with Crippen LogP contribution in [0.3, 0.4) is 0 Å². The molecule has 0 saturated carbocycles. The molecule has 3 heteroatoms. The summed E-state index contributed by atoms with van der Waals surface area (Å²) in [7, 11) is 0. The molecule has 1 aromatic rings. The van der Waals surface area contributed by atoms with E-state index in [1.54, 1.807) is 6.20 Å². The van der Waals surface area contributed by atoms with Crippen molar-refractivity contribution in [3.05, 3.63) is 23.6 Å². The molecule has 1 rings (SSSR count). The smallest absolute Gasteiger partial charge is 0.165 e. The third-order valence-corrected chi connectivity index (χ3v) is 1.56.